The average Bonchev–Trinajstić information content (AvgIpc) is 3.35. The van der Waals surface area contributed by atoms with Gasteiger partial charge in [-0.05, 0) is 87.5 Å². The van der Waals surface area contributed by atoms with Crippen LogP contribution < -0.4 is 15.4 Å². The Morgan fingerprint density at radius 2 is 1.87 bits per heavy atom. The summed E-state index contributed by atoms with van der Waals surface area (Å²) in [6.07, 6.45) is 2.61. The molecule has 6 rings (SSSR count). The number of halogens is 1. The van der Waals surface area contributed by atoms with Crippen LogP contribution in [0.15, 0.2) is 48.5 Å². The minimum Gasteiger partial charge on any atom is -0.490 e. The van der Waals surface area contributed by atoms with Crippen LogP contribution in [0.4, 0.5) is 4.39 Å². The second-order valence-corrected chi connectivity index (χ2v) is 15.1. The van der Waals surface area contributed by atoms with Crippen LogP contribution >= 0.6 is 0 Å². The maximum atomic E-state index is 14.7. The predicted molar refractivity (Wildman–Crippen MR) is 174 cm³/mol. The van der Waals surface area contributed by atoms with Crippen molar-refractivity contribution in [1.82, 2.24) is 10.6 Å². The van der Waals surface area contributed by atoms with E-state index in [1.54, 1.807) is 13.0 Å². The Balaban J connectivity index is 1.22. The largest absolute Gasteiger partial charge is 0.490 e. The van der Waals surface area contributed by atoms with Crippen molar-refractivity contribution in [2.45, 2.75) is 103 Å². The van der Waals surface area contributed by atoms with Crippen LogP contribution in [0, 0.1) is 40.3 Å². The van der Waals surface area contributed by atoms with Crippen molar-refractivity contribution in [1.29, 1.82) is 5.26 Å². The summed E-state index contributed by atoms with van der Waals surface area (Å²) in [6.45, 7) is 14.0. The second kappa shape index (κ2) is 13.0. The van der Waals surface area contributed by atoms with E-state index >= 15 is 0 Å². The zero-order valence-electron chi connectivity index (χ0n) is 28.1. The minimum absolute atomic E-state index is 0.00871. The molecule has 10 heteroatoms. The maximum Gasteiger partial charge on any atom is 0.482 e. The lowest BCUT2D eigenvalue weighted by atomic mass is 9.43. The van der Waals surface area contributed by atoms with Gasteiger partial charge < -0.3 is 24.7 Å². The summed E-state index contributed by atoms with van der Waals surface area (Å²) >= 11 is 0. The summed E-state index contributed by atoms with van der Waals surface area (Å²) in [5.74, 6) is -2.14. The third-order valence-electron chi connectivity index (χ3n) is 10.4. The first kappa shape index (κ1) is 33.9. The molecule has 246 valence electrons. The molecule has 2 aromatic carbocycles. The van der Waals surface area contributed by atoms with Crippen LogP contribution in [0.3, 0.4) is 0 Å². The number of rotatable bonds is 11. The van der Waals surface area contributed by atoms with Crippen molar-refractivity contribution in [3.8, 4) is 11.8 Å². The van der Waals surface area contributed by atoms with Gasteiger partial charge in [-0.1, -0.05) is 57.2 Å². The predicted octanol–water partition coefficient (Wildman–Crippen LogP) is 5.75. The molecule has 1 aliphatic heterocycles. The van der Waals surface area contributed by atoms with Crippen molar-refractivity contribution in [2.75, 3.05) is 6.61 Å². The zero-order valence-corrected chi connectivity index (χ0v) is 28.1. The number of hydrogen-bond acceptors (Lipinski definition) is 6. The molecule has 4 aliphatic rings. The van der Waals surface area contributed by atoms with Gasteiger partial charge in [-0.15, -0.1) is 0 Å². The van der Waals surface area contributed by atoms with Gasteiger partial charge in [0.15, 0.2) is 11.6 Å². The topological polar surface area (TPSA) is 110 Å². The first-order chi connectivity index (χ1) is 21.6. The molecule has 2 bridgehead atoms. The Hall–Kier alpha value is -3.42. The molecule has 4 fully saturated rings. The summed E-state index contributed by atoms with van der Waals surface area (Å²) < 4.78 is 33.7. The Bertz CT molecular complexity index is 1470. The standard InChI is InChI=1S/C36H47BFN3O5/c1-22(26(21-39)33(43)41-34(2,3)4)24-13-14-27(38)28(18-24)44-16-15-32(42)40-31(17-23-11-9-8-10-12-23)37-45-30-20-25-19-29(35(25,5)6)36(30,7)46-37/h8-14,18,22,25-26,29-31H,15-17,19-20H2,1-7H3,(H,40,42)(H,41,43)/t22?,25?,26?,29?,30-,31?,36+/m1/s1. The number of nitriles is 1. The van der Waals surface area contributed by atoms with Crippen LogP contribution in [-0.2, 0) is 25.3 Å². The Morgan fingerprint density at radius 1 is 1.15 bits per heavy atom. The van der Waals surface area contributed by atoms with Gasteiger partial charge in [0, 0.05) is 11.5 Å². The molecule has 0 radical (unpaired) electrons. The van der Waals surface area contributed by atoms with Crippen LogP contribution in [-0.4, -0.2) is 48.7 Å². The van der Waals surface area contributed by atoms with Gasteiger partial charge >= 0.3 is 7.12 Å². The van der Waals surface area contributed by atoms with Crippen molar-refractivity contribution >= 4 is 18.9 Å². The van der Waals surface area contributed by atoms with Gasteiger partial charge in [-0.25, -0.2) is 4.39 Å². The van der Waals surface area contributed by atoms with E-state index in [0.717, 1.165) is 18.4 Å². The zero-order chi connectivity index (χ0) is 33.4. The van der Waals surface area contributed by atoms with Gasteiger partial charge in [-0.3, -0.25) is 9.59 Å². The quantitative estimate of drug-likeness (QED) is 0.306. The lowest BCUT2D eigenvalue weighted by Gasteiger charge is -2.64. The number of benzene rings is 2. The van der Waals surface area contributed by atoms with Crippen LogP contribution in [0.5, 0.6) is 5.75 Å². The van der Waals surface area contributed by atoms with E-state index in [1.165, 1.54) is 12.1 Å². The molecule has 2 N–H and O–H groups in total. The highest BCUT2D eigenvalue weighted by molar-refractivity contribution is 6.48. The summed E-state index contributed by atoms with van der Waals surface area (Å²) in [7, 11) is -0.589. The van der Waals surface area contributed by atoms with E-state index in [4.69, 9.17) is 14.0 Å². The number of nitrogens with one attached hydrogen (secondary N) is 2. The fraction of sp³-hybridized carbons (Fsp3) is 0.583. The van der Waals surface area contributed by atoms with Crippen LogP contribution in [0.25, 0.3) is 0 Å². The Morgan fingerprint density at radius 3 is 2.52 bits per heavy atom. The molecule has 2 aromatic rings. The first-order valence-corrected chi connectivity index (χ1v) is 16.4. The van der Waals surface area contributed by atoms with Gasteiger partial charge in [0.2, 0.25) is 11.8 Å². The number of hydrogen-bond donors (Lipinski definition) is 2. The van der Waals surface area contributed by atoms with Gasteiger partial charge in [-0.2, -0.15) is 5.26 Å². The molecular weight excluding hydrogens is 584 g/mol. The van der Waals surface area contributed by atoms with E-state index in [-0.39, 0.29) is 42.1 Å². The minimum atomic E-state index is -0.965. The number of carbonyl (C=O) groups is 2. The monoisotopic (exact) mass is 631 g/mol. The summed E-state index contributed by atoms with van der Waals surface area (Å²) in [5.41, 5.74) is 0.959. The molecule has 3 aliphatic carbocycles. The van der Waals surface area contributed by atoms with Crippen molar-refractivity contribution in [2.24, 2.45) is 23.2 Å². The molecule has 3 saturated carbocycles. The maximum absolute atomic E-state index is 14.7. The lowest BCUT2D eigenvalue weighted by Crippen LogP contribution is -2.65. The van der Waals surface area contributed by atoms with Crippen molar-refractivity contribution < 1.29 is 28.0 Å². The van der Waals surface area contributed by atoms with Crippen LogP contribution in [0.2, 0.25) is 0 Å². The molecule has 0 spiro atoms. The molecule has 5 unspecified atom stereocenters. The highest BCUT2D eigenvalue weighted by atomic mass is 19.1. The van der Waals surface area contributed by atoms with Crippen molar-refractivity contribution in [3.05, 3.63) is 65.5 Å². The Labute approximate surface area is 272 Å². The summed E-state index contributed by atoms with van der Waals surface area (Å²) in [6, 6.07) is 16.3. The molecule has 46 heavy (non-hydrogen) atoms. The van der Waals surface area contributed by atoms with Crippen LogP contribution in [0.1, 0.15) is 84.8 Å². The lowest BCUT2D eigenvalue weighted by molar-refractivity contribution is -0.199. The molecule has 2 amide bonds. The fourth-order valence-corrected chi connectivity index (χ4v) is 7.64. The molecular formula is C36H47BFN3O5. The molecule has 0 aromatic heterocycles. The summed E-state index contributed by atoms with van der Waals surface area (Å²) in [4.78, 5) is 26.0. The van der Waals surface area contributed by atoms with E-state index in [0.29, 0.717) is 23.8 Å². The van der Waals surface area contributed by atoms with Gasteiger partial charge in [0.1, 0.15) is 5.92 Å². The Kier molecular flexibility index (Phi) is 9.59. The van der Waals surface area contributed by atoms with E-state index in [9.17, 15) is 19.2 Å². The summed E-state index contributed by atoms with van der Waals surface area (Å²) in [5, 5.41) is 15.7. The van der Waals surface area contributed by atoms with Gasteiger partial charge in [0.05, 0.1) is 36.7 Å². The van der Waals surface area contributed by atoms with E-state index in [2.05, 4.69) is 37.5 Å². The molecule has 1 saturated heterocycles. The first-order valence-electron chi connectivity index (χ1n) is 16.4. The number of nitrogens with zero attached hydrogens (tertiary/aromatic N) is 1. The highest BCUT2D eigenvalue weighted by Crippen LogP contribution is 2.65. The second-order valence-electron chi connectivity index (χ2n) is 15.1. The van der Waals surface area contributed by atoms with Gasteiger partial charge in [0.25, 0.3) is 0 Å². The fourth-order valence-electron chi connectivity index (χ4n) is 7.64. The number of carbonyl (C=O) groups excluding carboxylic acids is 2. The average molecular weight is 632 g/mol. The highest BCUT2D eigenvalue weighted by Gasteiger charge is 2.68. The molecule has 7 atom stereocenters. The van der Waals surface area contributed by atoms with Crippen molar-refractivity contribution in [3.63, 3.8) is 0 Å². The SMILES string of the molecule is CC(c1ccc(F)c(OCCC(=O)NC(Cc2ccccc2)B2O[C@@H]3CC4CC(C4(C)C)[C@]3(C)O2)c1)C(C#N)C(=O)NC(C)(C)C. The normalized spacial score (nSPS) is 26.5. The number of amides is 2. The third-order valence-corrected chi connectivity index (χ3v) is 10.4. The van der Waals surface area contributed by atoms with E-state index in [1.807, 2.05) is 51.1 Å². The number of ether oxygens (including phenoxy) is 1. The smallest absolute Gasteiger partial charge is 0.482 e. The molecule has 8 nitrogen and oxygen atoms in total. The van der Waals surface area contributed by atoms with E-state index < -0.39 is 41.9 Å². The third kappa shape index (κ3) is 6.96. The molecule has 1 heterocycles.